The van der Waals surface area contributed by atoms with E-state index in [-0.39, 0.29) is 11.4 Å². The molecule has 1 amide bonds. The molecule has 2 N–H and O–H groups in total. The third-order valence-corrected chi connectivity index (χ3v) is 3.56. The van der Waals surface area contributed by atoms with Gasteiger partial charge in [-0.2, -0.15) is 26.3 Å². The minimum absolute atomic E-state index is 0.183. The molecular weight excluding hydrogens is 386 g/mol. The maximum Gasteiger partial charge on any atom is 0.418 e. The largest absolute Gasteiger partial charge is 0.418 e. The van der Waals surface area contributed by atoms with Crippen molar-refractivity contribution in [1.29, 1.82) is 0 Å². The lowest BCUT2D eigenvalue weighted by Gasteiger charge is -2.15. The van der Waals surface area contributed by atoms with E-state index in [1.54, 1.807) is 0 Å². The molecule has 0 unspecified atom stereocenters. The summed E-state index contributed by atoms with van der Waals surface area (Å²) in [4.78, 5) is 11.8. The number of amides is 1. The van der Waals surface area contributed by atoms with Crippen molar-refractivity contribution in [3.8, 4) is 0 Å². The summed E-state index contributed by atoms with van der Waals surface area (Å²) in [6.45, 7) is -0.572. The van der Waals surface area contributed by atoms with E-state index in [2.05, 4.69) is 10.6 Å². The van der Waals surface area contributed by atoms with Gasteiger partial charge in [-0.15, -0.1) is 0 Å². The van der Waals surface area contributed by atoms with Crippen molar-refractivity contribution >= 4 is 28.9 Å². The molecule has 0 heterocycles. The van der Waals surface area contributed by atoms with Gasteiger partial charge in [0.2, 0.25) is 5.91 Å². The Morgan fingerprint density at radius 3 is 2.15 bits per heavy atom. The minimum Gasteiger partial charge on any atom is -0.376 e. The molecule has 26 heavy (non-hydrogen) atoms. The first kappa shape index (κ1) is 19.9. The molecule has 0 bridgehead atoms. The number of carbonyl (C=O) groups excluding carboxylic acids is 1. The Kier molecular flexibility index (Phi) is 5.70. The Morgan fingerprint density at radius 1 is 0.923 bits per heavy atom. The molecule has 140 valence electrons. The summed E-state index contributed by atoms with van der Waals surface area (Å²) in [6, 6.07) is 7.29. The van der Waals surface area contributed by atoms with E-state index in [0.717, 1.165) is 24.3 Å². The topological polar surface area (TPSA) is 41.1 Å². The van der Waals surface area contributed by atoms with Crippen LogP contribution in [0.5, 0.6) is 0 Å². The van der Waals surface area contributed by atoms with Gasteiger partial charge in [-0.3, -0.25) is 4.79 Å². The van der Waals surface area contributed by atoms with E-state index in [0.29, 0.717) is 6.07 Å². The van der Waals surface area contributed by atoms with Gasteiger partial charge in [0.25, 0.3) is 0 Å². The van der Waals surface area contributed by atoms with Gasteiger partial charge in [0.05, 0.1) is 22.7 Å². The number of hydrogen-bond acceptors (Lipinski definition) is 2. The molecule has 3 nitrogen and oxygen atoms in total. The first-order valence-corrected chi connectivity index (χ1v) is 7.43. The lowest BCUT2D eigenvalue weighted by atomic mass is 10.1. The Bertz CT molecular complexity index is 804. The summed E-state index contributed by atoms with van der Waals surface area (Å²) >= 11 is 5.47. The van der Waals surface area contributed by atoms with Crippen LogP contribution in [0, 0.1) is 0 Å². The van der Waals surface area contributed by atoms with Crippen LogP contribution in [-0.4, -0.2) is 12.5 Å². The van der Waals surface area contributed by atoms with E-state index in [4.69, 9.17) is 11.6 Å². The number of hydrogen-bond donors (Lipinski definition) is 2. The molecule has 2 aromatic carbocycles. The number of rotatable bonds is 4. The molecule has 0 saturated heterocycles. The summed E-state index contributed by atoms with van der Waals surface area (Å²) < 4.78 is 76.9. The van der Waals surface area contributed by atoms with Crippen molar-refractivity contribution in [3.63, 3.8) is 0 Å². The van der Waals surface area contributed by atoms with Gasteiger partial charge in [-0.25, -0.2) is 0 Å². The quantitative estimate of drug-likeness (QED) is 0.677. The fraction of sp³-hybridized carbons (Fsp3) is 0.188. The first-order valence-electron chi connectivity index (χ1n) is 7.05. The molecule has 0 aliphatic heterocycles. The lowest BCUT2D eigenvalue weighted by Crippen LogP contribution is -2.23. The molecule has 0 atom stereocenters. The monoisotopic (exact) mass is 396 g/mol. The Hall–Kier alpha value is -2.42. The molecule has 0 radical (unpaired) electrons. The van der Waals surface area contributed by atoms with Crippen molar-refractivity contribution < 1.29 is 31.1 Å². The highest BCUT2D eigenvalue weighted by atomic mass is 35.5. The molecule has 0 aliphatic carbocycles. The number of para-hydroxylation sites is 1. The van der Waals surface area contributed by atoms with Crippen LogP contribution in [0.3, 0.4) is 0 Å². The van der Waals surface area contributed by atoms with Crippen LogP contribution < -0.4 is 10.6 Å². The van der Waals surface area contributed by atoms with Crippen LogP contribution in [-0.2, 0) is 17.1 Å². The first-order chi connectivity index (χ1) is 12.0. The van der Waals surface area contributed by atoms with Crippen molar-refractivity contribution in [3.05, 3.63) is 58.6 Å². The maximum absolute atomic E-state index is 12.9. The molecule has 0 saturated carbocycles. The SMILES string of the molecule is O=C(CNc1ccccc1C(F)(F)F)Nc1ccc(Cl)c(C(F)(F)F)c1. The van der Waals surface area contributed by atoms with E-state index >= 15 is 0 Å². The van der Waals surface area contributed by atoms with E-state index in [1.165, 1.54) is 12.1 Å². The van der Waals surface area contributed by atoms with Crippen LogP contribution >= 0.6 is 11.6 Å². The van der Waals surface area contributed by atoms with Crippen molar-refractivity contribution in [2.75, 3.05) is 17.2 Å². The molecule has 10 heteroatoms. The van der Waals surface area contributed by atoms with Crippen LogP contribution in [0.4, 0.5) is 37.7 Å². The average Bonchev–Trinajstić information content (AvgIpc) is 2.53. The molecule has 0 fully saturated rings. The molecule has 0 aromatic heterocycles. The highest BCUT2D eigenvalue weighted by Crippen LogP contribution is 2.36. The highest BCUT2D eigenvalue weighted by molar-refractivity contribution is 6.31. The Balaban J connectivity index is 2.07. The predicted molar refractivity (Wildman–Crippen MR) is 85.0 cm³/mol. The average molecular weight is 397 g/mol. The number of alkyl halides is 6. The molecule has 0 spiro atoms. The third kappa shape index (κ3) is 5.04. The Morgan fingerprint density at radius 2 is 1.54 bits per heavy atom. The number of benzene rings is 2. The minimum atomic E-state index is -4.71. The summed E-state index contributed by atoms with van der Waals surface area (Å²) in [5.74, 6) is -0.822. The zero-order valence-corrected chi connectivity index (χ0v) is 13.6. The number of nitrogens with one attached hydrogen (secondary N) is 2. The van der Waals surface area contributed by atoms with Gasteiger partial charge in [0.1, 0.15) is 0 Å². The smallest absolute Gasteiger partial charge is 0.376 e. The maximum atomic E-state index is 12.9. The number of carbonyl (C=O) groups is 1. The van der Waals surface area contributed by atoms with Crippen LogP contribution in [0.2, 0.25) is 5.02 Å². The second kappa shape index (κ2) is 7.45. The summed E-state index contributed by atoms with van der Waals surface area (Å²) in [7, 11) is 0. The summed E-state index contributed by atoms with van der Waals surface area (Å²) in [5, 5.41) is 3.95. The fourth-order valence-electron chi connectivity index (χ4n) is 2.09. The Labute approximate surface area is 149 Å². The van der Waals surface area contributed by atoms with Crippen LogP contribution in [0.15, 0.2) is 42.5 Å². The fourth-order valence-corrected chi connectivity index (χ4v) is 2.31. The van der Waals surface area contributed by atoms with E-state index < -0.39 is 41.0 Å². The predicted octanol–water partition coefficient (Wildman–Crippen LogP) is 5.43. The standard InChI is InChI=1S/C16H11ClF6N2O/c17-12-6-5-9(7-11(12)16(21,22)23)25-14(26)8-24-13-4-2-1-3-10(13)15(18,19)20/h1-7,24H,8H2,(H,25,26). The second-order valence-corrected chi connectivity index (χ2v) is 5.54. The normalized spacial score (nSPS) is 12.0. The lowest BCUT2D eigenvalue weighted by molar-refractivity contribution is -0.138. The highest BCUT2D eigenvalue weighted by Gasteiger charge is 2.34. The molecule has 0 aliphatic rings. The summed E-state index contributed by atoms with van der Waals surface area (Å²) in [5.41, 5.74) is -2.59. The third-order valence-electron chi connectivity index (χ3n) is 3.23. The van der Waals surface area contributed by atoms with Crippen molar-refractivity contribution in [1.82, 2.24) is 0 Å². The van der Waals surface area contributed by atoms with Crippen LogP contribution in [0.1, 0.15) is 11.1 Å². The molecule has 2 aromatic rings. The zero-order valence-electron chi connectivity index (χ0n) is 12.8. The van der Waals surface area contributed by atoms with E-state index in [9.17, 15) is 31.1 Å². The van der Waals surface area contributed by atoms with E-state index in [1.807, 2.05) is 0 Å². The number of anilines is 2. The van der Waals surface area contributed by atoms with Crippen LogP contribution in [0.25, 0.3) is 0 Å². The second-order valence-electron chi connectivity index (χ2n) is 5.14. The zero-order chi connectivity index (χ0) is 19.5. The van der Waals surface area contributed by atoms with Gasteiger partial charge in [-0.05, 0) is 30.3 Å². The number of halogens is 7. The van der Waals surface area contributed by atoms with Gasteiger partial charge in [0, 0.05) is 11.4 Å². The van der Waals surface area contributed by atoms with Crippen molar-refractivity contribution in [2.24, 2.45) is 0 Å². The summed E-state index contributed by atoms with van der Waals surface area (Å²) in [6.07, 6.45) is -9.32. The van der Waals surface area contributed by atoms with Gasteiger partial charge in [0.15, 0.2) is 0 Å². The van der Waals surface area contributed by atoms with Gasteiger partial charge >= 0.3 is 12.4 Å². The van der Waals surface area contributed by atoms with Gasteiger partial charge in [-0.1, -0.05) is 23.7 Å². The van der Waals surface area contributed by atoms with Crippen molar-refractivity contribution in [2.45, 2.75) is 12.4 Å². The van der Waals surface area contributed by atoms with Gasteiger partial charge < -0.3 is 10.6 Å². The molecular formula is C16H11ClF6N2O. The molecule has 2 rings (SSSR count).